The first kappa shape index (κ1) is 29.4. The van der Waals surface area contributed by atoms with Gasteiger partial charge in [0.05, 0.1) is 39.7 Å². The van der Waals surface area contributed by atoms with Crippen LogP contribution in [-0.2, 0) is 0 Å². The van der Waals surface area contributed by atoms with Gasteiger partial charge in [0, 0.05) is 44.0 Å². The first-order valence-corrected chi connectivity index (χ1v) is 17.9. The molecule has 4 heteroatoms. The molecule has 11 aromatic rings. The summed E-state index contributed by atoms with van der Waals surface area (Å²) in [5, 5.41) is 7.13. The molecular weight excluding hydrogens is 645 g/mol. The average molecular weight is 675 g/mol. The topological polar surface area (TPSA) is 19.1 Å². The molecule has 53 heavy (non-hydrogen) atoms. The van der Waals surface area contributed by atoms with E-state index in [0.29, 0.717) is 5.69 Å². The van der Waals surface area contributed by atoms with E-state index in [2.05, 4.69) is 188 Å². The Morgan fingerprint density at radius 1 is 0.302 bits per heavy atom. The van der Waals surface area contributed by atoms with E-state index in [1.807, 2.05) is 12.1 Å². The van der Waals surface area contributed by atoms with Crippen molar-refractivity contribution in [1.29, 1.82) is 0 Å². The van der Waals surface area contributed by atoms with Crippen molar-refractivity contribution in [2.75, 3.05) is 0 Å². The van der Waals surface area contributed by atoms with Crippen molar-refractivity contribution in [1.82, 2.24) is 13.7 Å². The van der Waals surface area contributed by atoms with Crippen LogP contribution in [0.15, 0.2) is 182 Å². The van der Waals surface area contributed by atoms with Crippen molar-refractivity contribution in [3.05, 3.63) is 193 Å². The molecule has 0 saturated heterocycles. The highest BCUT2D eigenvalue weighted by Gasteiger charge is 2.19. The summed E-state index contributed by atoms with van der Waals surface area (Å²) in [4.78, 5) is 3.78. The number of fused-ring (bicyclic) bond motifs is 9. The maximum absolute atomic E-state index is 7.74. The van der Waals surface area contributed by atoms with Crippen LogP contribution in [0.25, 0.3) is 98.5 Å². The largest absolute Gasteiger partial charge is 0.309 e. The Hall–Kier alpha value is -7.35. The monoisotopic (exact) mass is 674 g/mol. The van der Waals surface area contributed by atoms with Crippen molar-refractivity contribution in [2.24, 2.45) is 0 Å². The van der Waals surface area contributed by atoms with Crippen LogP contribution in [0.3, 0.4) is 0 Å². The van der Waals surface area contributed by atoms with Gasteiger partial charge in [-0.2, -0.15) is 0 Å². The Bertz CT molecular complexity index is 3240. The Morgan fingerprint density at radius 2 is 0.736 bits per heavy atom. The predicted octanol–water partition coefficient (Wildman–Crippen LogP) is 13.2. The molecule has 0 aliphatic carbocycles. The second-order valence-electron chi connectivity index (χ2n) is 13.7. The average Bonchev–Trinajstić information content (AvgIpc) is 3.85. The van der Waals surface area contributed by atoms with Crippen LogP contribution in [-0.4, -0.2) is 13.7 Å². The Kier molecular flexibility index (Phi) is 6.28. The van der Waals surface area contributed by atoms with Crippen molar-refractivity contribution in [2.45, 2.75) is 0 Å². The van der Waals surface area contributed by atoms with Gasteiger partial charge in [0.2, 0.25) is 0 Å². The summed E-state index contributed by atoms with van der Waals surface area (Å²) in [6, 6.07) is 65.0. The smallest absolute Gasteiger partial charge is 0.188 e. The molecule has 0 N–H and O–H groups in total. The van der Waals surface area contributed by atoms with Gasteiger partial charge in [0.25, 0.3) is 0 Å². The van der Waals surface area contributed by atoms with Gasteiger partial charge in [-0.05, 0) is 95.4 Å². The standard InChI is InChI=1S/C49H30N4/c1-50-34-25-26-47-41(29-34)43-30-42-40-21-7-10-24-46(40)53(48(42)31-49(43)51(47)35-15-3-2-4-16-35)37-18-12-14-33(28-37)32-13-11-17-36(27-32)52-44-22-8-5-19-38(44)39-20-6-9-23-45(39)52/h2-31H. The number of hydrogen-bond acceptors (Lipinski definition) is 0. The quantitative estimate of drug-likeness (QED) is 0.166. The van der Waals surface area contributed by atoms with Crippen LogP contribution < -0.4 is 0 Å². The maximum atomic E-state index is 7.74. The second kappa shape index (κ2) is 11.3. The van der Waals surface area contributed by atoms with Crippen LogP contribution >= 0.6 is 0 Å². The third-order valence-electron chi connectivity index (χ3n) is 10.8. The number of para-hydroxylation sites is 4. The molecule has 3 aromatic heterocycles. The molecule has 0 aliphatic heterocycles. The van der Waals surface area contributed by atoms with Gasteiger partial charge in [0.15, 0.2) is 5.69 Å². The highest BCUT2D eigenvalue weighted by atomic mass is 15.0. The molecule has 246 valence electrons. The van der Waals surface area contributed by atoms with E-state index < -0.39 is 0 Å². The van der Waals surface area contributed by atoms with Gasteiger partial charge in [0.1, 0.15) is 0 Å². The molecule has 0 amide bonds. The molecule has 0 unspecified atom stereocenters. The summed E-state index contributed by atoms with van der Waals surface area (Å²) in [5.74, 6) is 0. The van der Waals surface area contributed by atoms with Crippen LogP contribution in [0.4, 0.5) is 5.69 Å². The van der Waals surface area contributed by atoms with Gasteiger partial charge in [-0.3, -0.25) is 0 Å². The summed E-state index contributed by atoms with van der Waals surface area (Å²) in [6.07, 6.45) is 0. The predicted molar refractivity (Wildman–Crippen MR) is 221 cm³/mol. The summed E-state index contributed by atoms with van der Waals surface area (Å²) in [5.41, 5.74) is 13.2. The lowest BCUT2D eigenvalue weighted by molar-refractivity contribution is 1.16. The molecule has 3 heterocycles. The molecule has 4 nitrogen and oxygen atoms in total. The number of rotatable bonds is 4. The van der Waals surface area contributed by atoms with Crippen LogP contribution in [0, 0.1) is 6.57 Å². The van der Waals surface area contributed by atoms with Crippen molar-refractivity contribution in [3.8, 4) is 28.2 Å². The Morgan fingerprint density at radius 3 is 1.32 bits per heavy atom. The van der Waals surface area contributed by atoms with E-state index in [-0.39, 0.29) is 0 Å². The fraction of sp³-hybridized carbons (Fsp3) is 0. The van der Waals surface area contributed by atoms with E-state index in [1.54, 1.807) is 0 Å². The van der Waals surface area contributed by atoms with E-state index in [4.69, 9.17) is 6.57 Å². The molecule has 0 spiro atoms. The zero-order valence-electron chi connectivity index (χ0n) is 28.6. The number of hydrogen-bond donors (Lipinski definition) is 0. The van der Waals surface area contributed by atoms with E-state index >= 15 is 0 Å². The van der Waals surface area contributed by atoms with Crippen LogP contribution in [0.1, 0.15) is 0 Å². The van der Waals surface area contributed by atoms with E-state index in [9.17, 15) is 0 Å². The summed E-state index contributed by atoms with van der Waals surface area (Å²) in [6.45, 7) is 7.74. The zero-order chi connectivity index (χ0) is 35.0. The normalized spacial score (nSPS) is 11.8. The minimum Gasteiger partial charge on any atom is -0.309 e. The Balaban J connectivity index is 1.14. The number of nitrogens with zero attached hydrogens (tertiary/aromatic N) is 4. The highest BCUT2D eigenvalue weighted by Crippen LogP contribution is 2.41. The van der Waals surface area contributed by atoms with Gasteiger partial charge >= 0.3 is 0 Å². The second-order valence-corrected chi connectivity index (χ2v) is 13.7. The summed E-state index contributed by atoms with van der Waals surface area (Å²) < 4.78 is 7.11. The molecule has 0 aliphatic rings. The Labute approximate surface area is 305 Å². The molecule has 8 aromatic carbocycles. The lowest BCUT2D eigenvalue weighted by atomic mass is 10.0. The third kappa shape index (κ3) is 4.35. The van der Waals surface area contributed by atoms with Crippen LogP contribution in [0.2, 0.25) is 0 Å². The zero-order valence-corrected chi connectivity index (χ0v) is 28.6. The van der Waals surface area contributed by atoms with Crippen LogP contribution in [0.5, 0.6) is 0 Å². The van der Waals surface area contributed by atoms with Crippen molar-refractivity contribution < 1.29 is 0 Å². The minimum atomic E-state index is 0.645. The summed E-state index contributed by atoms with van der Waals surface area (Å²) >= 11 is 0. The molecule has 0 saturated carbocycles. The molecule has 11 rings (SSSR count). The fourth-order valence-corrected chi connectivity index (χ4v) is 8.52. The molecule has 0 atom stereocenters. The van der Waals surface area contributed by atoms with Crippen molar-refractivity contribution in [3.63, 3.8) is 0 Å². The summed E-state index contributed by atoms with van der Waals surface area (Å²) in [7, 11) is 0. The first-order chi connectivity index (χ1) is 26.2. The van der Waals surface area contributed by atoms with Crippen molar-refractivity contribution >= 4 is 71.1 Å². The van der Waals surface area contributed by atoms with E-state index in [1.165, 1.54) is 32.6 Å². The van der Waals surface area contributed by atoms with Gasteiger partial charge in [-0.15, -0.1) is 0 Å². The first-order valence-electron chi connectivity index (χ1n) is 17.9. The number of aromatic nitrogens is 3. The van der Waals surface area contributed by atoms with Gasteiger partial charge < -0.3 is 13.7 Å². The van der Waals surface area contributed by atoms with Gasteiger partial charge in [-0.25, -0.2) is 4.85 Å². The minimum absolute atomic E-state index is 0.645. The fourth-order valence-electron chi connectivity index (χ4n) is 8.52. The number of benzene rings is 8. The SMILES string of the molecule is [C-]#[N+]c1ccc2c(c1)c1cc3c4ccccc4n(-c4cccc(-c5cccc(-n6c7ccccc7c7ccccc76)c5)c4)c3cc1n2-c1ccccc1. The molecule has 0 fully saturated rings. The van der Waals surface area contributed by atoms with E-state index in [0.717, 1.165) is 61.0 Å². The third-order valence-corrected chi connectivity index (χ3v) is 10.8. The maximum Gasteiger partial charge on any atom is 0.188 e. The lowest BCUT2D eigenvalue weighted by Gasteiger charge is -2.13. The molecular formula is C49H30N4. The highest BCUT2D eigenvalue weighted by molar-refractivity contribution is 6.19. The molecule has 0 bridgehead atoms. The molecule has 0 radical (unpaired) electrons. The lowest BCUT2D eigenvalue weighted by Crippen LogP contribution is -1.96. The van der Waals surface area contributed by atoms with Gasteiger partial charge in [-0.1, -0.05) is 103 Å².